The van der Waals surface area contributed by atoms with Crippen molar-refractivity contribution in [2.75, 3.05) is 52.4 Å². The number of unbranched alkanes of at least 4 members (excludes halogenated alkanes) is 1. The van der Waals surface area contributed by atoms with E-state index in [2.05, 4.69) is 55.1 Å². The summed E-state index contributed by atoms with van der Waals surface area (Å²) in [5.74, 6) is 1.78. The van der Waals surface area contributed by atoms with Crippen LogP contribution < -0.4 is 10.6 Å². The van der Waals surface area contributed by atoms with Gasteiger partial charge in [0.25, 0.3) is 0 Å². The smallest absolute Gasteiger partial charge is 0.191 e. The van der Waals surface area contributed by atoms with Crippen LogP contribution in [0.3, 0.4) is 0 Å². The van der Waals surface area contributed by atoms with Gasteiger partial charge in [0.05, 0.1) is 6.54 Å². The first-order valence-corrected chi connectivity index (χ1v) is 10.0. The average Bonchev–Trinajstić information content (AvgIpc) is 2.58. The highest BCUT2D eigenvalue weighted by Crippen LogP contribution is 2.07. The molecular formula is C19H41N5. The summed E-state index contributed by atoms with van der Waals surface area (Å²) >= 11 is 0. The molecule has 1 saturated heterocycles. The monoisotopic (exact) mass is 339 g/mol. The minimum absolute atomic E-state index is 0.514. The maximum absolute atomic E-state index is 4.80. The molecule has 1 rings (SSSR count). The van der Waals surface area contributed by atoms with Crippen LogP contribution in [0.4, 0.5) is 0 Å². The molecule has 1 aliphatic heterocycles. The molecule has 5 nitrogen and oxygen atoms in total. The summed E-state index contributed by atoms with van der Waals surface area (Å²) in [6.45, 7) is 20.0. The second kappa shape index (κ2) is 12.5. The maximum atomic E-state index is 4.80. The van der Waals surface area contributed by atoms with Gasteiger partial charge in [-0.3, -0.25) is 9.89 Å². The van der Waals surface area contributed by atoms with Crippen LogP contribution in [0, 0.1) is 5.92 Å². The van der Waals surface area contributed by atoms with Crippen LogP contribution in [0.1, 0.15) is 53.9 Å². The number of nitrogens with zero attached hydrogens (tertiary/aromatic N) is 3. The Balaban J connectivity index is 2.30. The number of hydrogen-bond donors (Lipinski definition) is 2. The summed E-state index contributed by atoms with van der Waals surface area (Å²) in [4.78, 5) is 9.89. The number of likely N-dealkylation sites (N-methyl/N-ethyl adjacent to an activating group) is 1. The van der Waals surface area contributed by atoms with E-state index in [0.717, 1.165) is 31.5 Å². The Hall–Kier alpha value is -0.810. The van der Waals surface area contributed by atoms with Gasteiger partial charge in [-0.1, -0.05) is 33.6 Å². The molecular weight excluding hydrogens is 298 g/mol. The van der Waals surface area contributed by atoms with E-state index in [0.29, 0.717) is 6.04 Å². The van der Waals surface area contributed by atoms with Crippen LogP contribution in [-0.2, 0) is 0 Å². The summed E-state index contributed by atoms with van der Waals surface area (Å²) in [7, 11) is 0. The van der Waals surface area contributed by atoms with Crippen LogP contribution in [-0.4, -0.2) is 74.2 Å². The van der Waals surface area contributed by atoms with Crippen LogP contribution in [0.2, 0.25) is 0 Å². The SMILES string of the molecule is CCNC(=NCC(C)N1CCN(CC)CC1)NCCCCC(C)C. The molecule has 0 aromatic heterocycles. The van der Waals surface area contributed by atoms with Crippen molar-refractivity contribution in [2.24, 2.45) is 10.9 Å². The van der Waals surface area contributed by atoms with E-state index in [1.165, 1.54) is 52.0 Å². The molecule has 0 spiro atoms. The summed E-state index contributed by atoms with van der Waals surface area (Å²) in [5.41, 5.74) is 0. The Bertz CT molecular complexity index is 335. The van der Waals surface area contributed by atoms with E-state index in [-0.39, 0.29) is 0 Å². The Labute approximate surface area is 150 Å². The van der Waals surface area contributed by atoms with Gasteiger partial charge in [-0.25, -0.2) is 0 Å². The highest BCUT2D eigenvalue weighted by atomic mass is 15.3. The van der Waals surface area contributed by atoms with Gasteiger partial charge in [0.2, 0.25) is 0 Å². The van der Waals surface area contributed by atoms with Gasteiger partial charge in [-0.05, 0) is 32.7 Å². The van der Waals surface area contributed by atoms with Crippen LogP contribution in [0.15, 0.2) is 4.99 Å². The van der Waals surface area contributed by atoms with Crippen molar-refractivity contribution < 1.29 is 0 Å². The quantitative estimate of drug-likeness (QED) is 0.364. The molecule has 24 heavy (non-hydrogen) atoms. The lowest BCUT2D eigenvalue weighted by Gasteiger charge is -2.37. The minimum atomic E-state index is 0.514. The fourth-order valence-corrected chi connectivity index (χ4v) is 3.09. The number of nitrogens with one attached hydrogen (secondary N) is 2. The molecule has 5 heteroatoms. The van der Waals surface area contributed by atoms with Gasteiger partial charge in [0.15, 0.2) is 5.96 Å². The molecule has 1 unspecified atom stereocenters. The lowest BCUT2D eigenvalue weighted by atomic mass is 10.1. The highest BCUT2D eigenvalue weighted by Gasteiger charge is 2.19. The van der Waals surface area contributed by atoms with Gasteiger partial charge in [-0.2, -0.15) is 0 Å². The van der Waals surface area contributed by atoms with Gasteiger partial charge >= 0.3 is 0 Å². The Kier molecular flexibility index (Phi) is 11.1. The van der Waals surface area contributed by atoms with Crippen molar-refractivity contribution in [3.63, 3.8) is 0 Å². The van der Waals surface area contributed by atoms with Gasteiger partial charge in [0.1, 0.15) is 0 Å². The Morgan fingerprint density at radius 3 is 2.29 bits per heavy atom. The van der Waals surface area contributed by atoms with Gasteiger partial charge in [0, 0.05) is 45.3 Å². The number of guanidine groups is 1. The van der Waals surface area contributed by atoms with E-state index in [4.69, 9.17) is 4.99 Å². The van der Waals surface area contributed by atoms with Crippen LogP contribution in [0.5, 0.6) is 0 Å². The standard InChI is InChI=1S/C19H41N5/c1-6-20-19(21-11-9-8-10-17(3)4)22-16-18(5)24-14-12-23(7-2)13-15-24/h17-18H,6-16H2,1-5H3,(H2,20,21,22). The zero-order valence-corrected chi connectivity index (χ0v) is 16.8. The Morgan fingerprint density at radius 2 is 1.71 bits per heavy atom. The first-order chi connectivity index (χ1) is 11.6. The molecule has 0 aromatic carbocycles. The Morgan fingerprint density at radius 1 is 1.00 bits per heavy atom. The molecule has 0 radical (unpaired) electrons. The van der Waals surface area contributed by atoms with E-state index in [1.807, 2.05) is 0 Å². The fourth-order valence-electron chi connectivity index (χ4n) is 3.09. The third kappa shape index (κ3) is 8.88. The average molecular weight is 340 g/mol. The topological polar surface area (TPSA) is 42.9 Å². The zero-order valence-electron chi connectivity index (χ0n) is 16.8. The third-order valence-electron chi connectivity index (χ3n) is 4.84. The molecule has 0 bridgehead atoms. The summed E-state index contributed by atoms with van der Waals surface area (Å²) < 4.78 is 0. The summed E-state index contributed by atoms with van der Waals surface area (Å²) in [5, 5.41) is 6.85. The number of rotatable bonds is 10. The van der Waals surface area contributed by atoms with E-state index in [1.54, 1.807) is 0 Å². The maximum Gasteiger partial charge on any atom is 0.191 e. The van der Waals surface area contributed by atoms with Crippen molar-refractivity contribution in [3.05, 3.63) is 0 Å². The van der Waals surface area contributed by atoms with Crippen molar-refractivity contribution in [3.8, 4) is 0 Å². The molecule has 1 heterocycles. The largest absolute Gasteiger partial charge is 0.357 e. The van der Waals surface area contributed by atoms with Crippen LogP contribution in [0.25, 0.3) is 0 Å². The predicted molar refractivity (Wildman–Crippen MR) is 106 cm³/mol. The van der Waals surface area contributed by atoms with Crippen molar-refractivity contribution in [1.29, 1.82) is 0 Å². The van der Waals surface area contributed by atoms with Gasteiger partial charge in [-0.15, -0.1) is 0 Å². The van der Waals surface area contributed by atoms with Crippen molar-refractivity contribution in [1.82, 2.24) is 20.4 Å². The predicted octanol–water partition coefficient (Wildman–Crippen LogP) is 2.39. The number of hydrogen-bond acceptors (Lipinski definition) is 3. The van der Waals surface area contributed by atoms with Crippen molar-refractivity contribution >= 4 is 5.96 Å². The first-order valence-electron chi connectivity index (χ1n) is 10.0. The number of piperazine rings is 1. The second-order valence-electron chi connectivity index (χ2n) is 7.36. The van der Waals surface area contributed by atoms with Crippen molar-refractivity contribution in [2.45, 2.75) is 59.9 Å². The summed E-state index contributed by atoms with van der Waals surface area (Å²) in [6.07, 6.45) is 3.83. The molecule has 0 aromatic rings. The highest BCUT2D eigenvalue weighted by molar-refractivity contribution is 5.79. The first kappa shape index (κ1) is 21.2. The zero-order chi connectivity index (χ0) is 17.8. The third-order valence-corrected chi connectivity index (χ3v) is 4.84. The van der Waals surface area contributed by atoms with E-state index >= 15 is 0 Å². The van der Waals surface area contributed by atoms with Crippen LogP contribution >= 0.6 is 0 Å². The fraction of sp³-hybridized carbons (Fsp3) is 0.947. The molecule has 1 fully saturated rings. The normalized spacial score (nSPS) is 18.8. The molecule has 0 amide bonds. The lowest BCUT2D eigenvalue weighted by molar-refractivity contribution is 0.109. The minimum Gasteiger partial charge on any atom is -0.357 e. The molecule has 0 saturated carbocycles. The number of aliphatic imine (C=N–C) groups is 1. The summed E-state index contributed by atoms with van der Waals surface area (Å²) in [6, 6.07) is 0.514. The second-order valence-corrected chi connectivity index (χ2v) is 7.36. The van der Waals surface area contributed by atoms with E-state index < -0.39 is 0 Å². The van der Waals surface area contributed by atoms with Gasteiger partial charge < -0.3 is 15.5 Å². The molecule has 1 aliphatic rings. The molecule has 1 atom stereocenters. The molecule has 142 valence electrons. The van der Waals surface area contributed by atoms with E-state index in [9.17, 15) is 0 Å². The molecule has 2 N–H and O–H groups in total. The molecule has 0 aliphatic carbocycles. The lowest BCUT2D eigenvalue weighted by Crippen LogP contribution is -2.50.